The van der Waals surface area contributed by atoms with Crippen LogP contribution in [0.5, 0.6) is 5.75 Å². The van der Waals surface area contributed by atoms with Gasteiger partial charge in [0.15, 0.2) is 0 Å². The van der Waals surface area contributed by atoms with Crippen molar-refractivity contribution in [2.24, 2.45) is 0 Å². The molecule has 0 atom stereocenters. The Labute approximate surface area is 204 Å². The fraction of sp³-hybridized carbons (Fsp3) is 0.385. The molecule has 3 aromatic rings. The van der Waals surface area contributed by atoms with Crippen LogP contribution in [-0.4, -0.2) is 29.1 Å². The molecule has 1 fully saturated rings. The second kappa shape index (κ2) is 11.0. The normalized spacial score (nSPS) is 14.2. The van der Waals surface area contributed by atoms with Crippen LogP contribution in [0.2, 0.25) is 4.34 Å². The molecule has 1 aromatic carbocycles. The quantitative estimate of drug-likeness (QED) is 0.354. The van der Waals surface area contributed by atoms with Crippen molar-refractivity contribution >= 4 is 29.0 Å². The molecule has 1 aliphatic carbocycles. The Balaban J connectivity index is 1.41. The summed E-state index contributed by atoms with van der Waals surface area (Å²) < 4.78 is 12.4. The van der Waals surface area contributed by atoms with Crippen molar-refractivity contribution in [3.8, 4) is 16.3 Å². The summed E-state index contributed by atoms with van der Waals surface area (Å²) >= 11 is 7.75. The summed E-state index contributed by atoms with van der Waals surface area (Å²) in [6.07, 6.45) is 5.87. The molecular weight excluding hydrogens is 456 g/mol. The van der Waals surface area contributed by atoms with Crippen molar-refractivity contribution in [2.45, 2.75) is 58.3 Å². The van der Waals surface area contributed by atoms with E-state index in [9.17, 15) is 4.79 Å². The van der Waals surface area contributed by atoms with E-state index in [0.717, 1.165) is 46.0 Å². The van der Waals surface area contributed by atoms with E-state index >= 15 is 0 Å². The lowest BCUT2D eigenvalue weighted by Crippen LogP contribution is -2.26. The van der Waals surface area contributed by atoms with E-state index < -0.39 is 0 Å². The maximum atomic E-state index is 12.5. The number of ether oxygens (including phenoxy) is 2. The van der Waals surface area contributed by atoms with Crippen molar-refractivity contribution in [1.29, 1.82) is 0 Å². The summed E-state index contributed by atoms with van der Waals surface area (Å²) in [4.78, 5) is 19.7. The molecule has 0 bridgehead atoms. The molecule has 174 valence electrons. The minimum absolute atomic E-state index is 0.136. The molecule has 2 heterocycles. The number of benzene rings is 1. The van der Waals surface area contributed by atoms with Gasteiger partial charge >= 0.3 is 6.09 Å². The van der Waals surface area contributed by atoms with Gasteiger partial charge < -0.3 is 14.4 Å². The van der Waals surface area contributed by atoms with Gasteiger partial charge in [0, 0.05) is 19.2 Å². The number of pyridine rings is 1. The number of carbonyl (C=O) groups is 1. The summed E-state index contributed by atoms with van der Waals surface area (Å²) in [5, 5.41) is 0. The fourth-order valence-electron chi connectivity index (χ4n) is 4.05. The summed E-state index contributed by atoms with van der Waals surface area (Å²) in [5.74, 6) is 0.837. The predicted molar refractivity (Wildman–Crippen MR) is 133 cm³/mol. The van der Waals surface area contributed by atoms with Crippen LogP contribution in [0.15, 0.2) is 48.5 Å². The van der Waals surface area contributed by atoms with Crippen molar-refractivity contribution < 1.29 is 14.3 Å². The maximum absolute atomic E-state index is 12.5. The van der Waals surface area contributed by atoms with Gasteiger partial charge in [-0.25, -0.2) is 9.78 Å². The topological polar surface area (TPSA) is 51.7 Å². The number of hydrogen-bond donors (Lipinski definition) is 0. The average Bonchev–Trinajstić information content (AvgIpc) is 3.20. The van der Waals surface area contributed by atoms with E-state index in [4.69, 9.17) is 26.1 Å². The van der Waals surface area contributed by atoms with Crippen molar-refractivity contribution in [1.82, 2.24) is 9.88 Å². The maximum Gasteiger partial charge on any atom is 0.410 e. The molecule has 1 saturated carbocycles. The Hall–Kier alpha value is -2.57. The average molecular weight is 485 g/mol. The third-order valence-electron chi connectivity index (χ3n) is 5.82. The fourth-order valence-corrected chi connectivity index (χ4v) is 5.28. The van der Waals surface area contributed by atoms with E-state index in [1.807, 2.05) is 55.5 Å². The number of carbonyl (C=O) groups excluding carboxylic acids is 1. The molecule has 1 amide bonds. The van der Waals surface area contributed by atoms with Crippen LogP contribution in [0.4, 0.5) is 4.79 Å². The van der Waals surface area contributed by atoms with Crippen molar-refractivity contribution in [2.75, 3.05) is 7.05 Å². The lowest BCUT2D eigenvalue weighted by atomic mass is 9.98. The highest BCUT2D eigenvalue weighted by molar-refractivity contribution is 7.19. The Morgan fingerprint density at radius 3 is 2.64 bits per heavy atom. The zero-order valence-corrected chi connectivity index (χ0v) is 20.6. The summed E-state index contributed by atoms with van der Waals surface area (Å²) in [7, 11) is 1.73. The second-order valence-corrected chi connectivity index (χ2v) is 10.1. The number of amides is 1. The molecule has 7 heteroatoms. The third kappa shape index (κ3) is 6.27. The van der Waals surface area contributed by atoms with E-state index in [2.05, 4.69) is 0 Å². The van der Waals surface area contributed by atoms with E-state index in [-0.39, 0.29) is 18.8 Å². The van der Waals surface area contributed by atoms with Crippen LogP contribution in [0, 0.1) is 6.92 Å². The first-order chi connectivity index (χ1) is 16.0. The van der Waals surface area contributed by atoms with E-state index in [0.29, 0.717) is 10.9 Å². The minimum atomic E-state index is -0.382. The van der Waals surface area contributed by atoms with Gasteiger partial charge in [-0.2, -0.15) is 0 Å². The summed E-state index contributed by atoms with van der Waals surface area (Å²) in [6.45, 7) is 2.59. The molecule has 0 saturated heterocycles. The Morgan fingerprint density at radius 1 is 1.15 bits per heavy atom. The molecule has 2 aromatic heterocycles. The molecular formula is C26H29ClN2O3S. The Morgan fingerprint density at radius 2 is 1.91 bits per heavy atom. The number of rotatable bonds is 7. The first kappa shape index (κ1) is 23.6. The van der Waals surface area contributed by atoms with Gasteiger partial charge in [-0.3, -0.25) is 0 Å². The largest absolute Gasteiger partial charge is 0.489 e. The molecule has 0 N–H and O–H groups in total. The van der Waals surface area contributed by atoms with Gasteiger partial charge in [0.1, 0.15) is 12.4 Å². The highest BCUT2D eigenvalue weighted by Crippen LogP contribution is 2.36. The Kier molecular flexibility index (Phi) is 7.89. The molecule has 0 aliphatic heterocycles. The molecule has 0 radical (unpaired) electrons. The van der Waals surface area contributed by atoms with Crippen LogP contribution in [0.3, 0.4) is 0 Å². The van der Waals surface area contributed by atoms with Gasteiger partial charge in [-0.05, 0) is 56.4 Å². The van der Waals surface area contributed by atoms with Crippen molar-refractivity contribution in [3.63, 3.8) is 0 Å². The standard InChI is InChI=1S/C26H29ClN2O3S/c1-18-23(32-21-11-7-4-8-12-21)14-13-22(28-18)25-20(15-24(27)33-25)17-31-26(30)29(2)16-19-9-5-3-6-10-19/h3,5-6,9-10,13-15,21H,4,7-8,11-12,16-17H2,1-2H3. The summed E-state index contributed by atoms with van der Waals surface area (Å²) in [5.41, 5.74) is 3.56. The summed E-state index contributed by atoms with van der Waals surface area (Å²) in [6, 6.07) is 15.6. The van der Waals surface area contributed by atoms with Gasteiger partial charge in [0.25, 0.3) is 0 Å². The SMILES string of the molecule is Cc1nc(-c2sc(Cl)cc2COC(=O)N(C)Cc2ccccc2)ccc1OC1CCCCC1. The van der Waals surface area contributed by atoms with Crippen LogP contribution >= 0.6 is 22.9 Å². The lowest BCUT2D eigenvalue weighted by Gasteiger charge is -2.23. The number of thiophene rings is 1. The van der Waals surface area contributed by atoms with E-state index in [1.165, 1.54) is 30.6 Å². The molecule has 4 rings (SSSR count). The number of hydrogen-bond acceptors (Lipinski definition) is 5. The van der Waals surface area contributed by atoms with Gasteiger partial charge in [-0.15, -0.1) is 11.3 Å². The first-order valence-electron chi connectivity index (χ1n) is 11.3. The molecule has 1 aliphatic rings. The molecule has 5 nitrogen and oxygen atoms in total. The highest BCUT2D eigenvalue weighted by atomic mass is 35.5. The predicted octanol–water partition coefficient (Wildman–Crippen LogP) is 7.25. The highest BCUT2D eigenvalue weighted by Gasteiger charge is 2.19. The third-order valence-corrected chi connectivity index (χ3v) is 7.15. The van der Waals surface area contributed by atoms with Crippen LogP contribution < -0.4 is 4.74 Å². The monoisotopic (exact) mass is 484 g/mol. The molecule has 0 unspecified atom stereocenters. The second-order valence-electron chi connectivity index (χ2n) is 8.46. The number of nitrogens with zero attached hydrogens (tertiary/aromatic N) is 2. The zero-order chi connectivity index (χ0) is 23.2. The number of aromatic nitrogens is 1. The van der Waals surface area contributed by atoms with Gasteiger partial charge in [0.05, 0.1) is 26.7 Å². The molecule has 0 spiro atoms. The van der Waals surface area contributed by atoms with Gasteiger partial charge in [-0.1, -0.05) is 48.4 Å². The van der Waals surface area contributed by atoms with Crippen molar-refractivity contribution in [3.05, 3.63) is 69.7 Å². The zero-order valence-electron chi connectivity index (χ0n) is 19.1. The lowest BCUT2D eigenvalue weighted by molar-refractivity contribution is 0.103. The van der Waals surface area contributed by atoms with Crippen LogP contribution in [0.25, 0.3) is 10.6 Å². The Bertz CT molecular complexity index is 1080. The van der Waals surface area contributed by atoms with Gasteiger partial charge in [0.2, 0.25) is 0 Å². The van der Waals surface area contributed by atoms with Crippen LogP contribution in [-0.2, 0) is 17.9 Å². The molecule has 33 heavy (non-hydrogen) atoms. The number of halogens is 1. The first-order valence-corrected chi connectivity index (χ1v) is 12.5. The number of aryl methyl sites for hydroxylation is 1. The van der Waals surface area contributed by atoms with E-state index in [1.54, 1.807) is 11.9 Å². The van der Waals surface area contributed by atoms with Crippen LogP contribution in [0.1, 0.15) is 48.9 Å². The smallest absolute Gasteiger partial charge is 0.410 e. The minimum Gasteiger partial charge on any atom is -0.489 e.